The molecule has 2 aromatic carbocycles. The van der Waals surface area contributed by atoms with Crippen LogP contribution in [0.2, 0.25) is 5.02 Å². The van der Waals surface area contributed by atoms with Crippen molar-refractivity contribution in [2.75, 3.05) is 38.2 Å². The van der Waals surface area contributed by atoms with Crippen LogP contribution in [0.4, 0.5) is 18.3 Å². The van der Waals surface area contributed by atoms with Gasteiger partial charge >= 0.3 is 6.18 Å². The van der Waals surface area contributed by atoms with Gasteiger partial charge in [-0.15, -0.1) is 11.3 Å². The molecule has 1 aliphatic rings. The minimum Gasteiger partial charge on any atom is -0.496 e. The molecule has 2 heterocycles. The number of anilines is 1. The maximum absolute atomic E-state index is 13.1. The number of benzene rings is 2. The van der Waals surface area contributed by atoms with Crippen LogP contribution in [-0.2, 0) is 22.6 Å². The van der Waals surface area contributed by atoms with Crippen LogP contribution in [0.25, 0.3) is 0 Å². The molecule has 0 amide bonds. The first-order valence-corrected chi connectivity index (χ1v) is 13.0. The quantitative estimate of drug-likeness (QED) is 0.451. The van der Waals surface area contributed by atoms with E-state index in [0.29, 0.717) is 25.6 Å². The summed E-state index contributed by atoms with van der Waals surface area (Å²) in [4.78, 5) is 6.11. The summed E-state index contributed by atoms with van der Waals surface area (Å²) in [5, 5.41) is 2.48. The van der Waals surface area contributed by atoms with Crippen LogP contribution in [0.15, 0.2) is 52.7 Å². The molecule has 34 heavy (non-hydrogen) atoms. The van der Waals surface area contributed by atoms with Gasteiger partial charge in [0.15, 0.2) is 5.13 Å². The zero-order valence-electron chi connectivity index (χ0n) is 18.0. The fourth-order valence-electron chi connectivity index (χ4n) is 3.70. The summed E-state index contributed by atoms with van der Waals surface area (Å²) in [7, 11) is -2.56. The third-order valence-corrected chi connectivity index (χ3v) is 8.82. The van der Waals surface area contributed by atoms with Crippen molar-refractivity contribution in [3.63, 3.8) is 0 Å². The summed E-state index contributed by atoms with van der Waals surface area (Å²) >= 11 is 7.43. The molecule has 0 unspecified atom stereocenters. The molecule has 182 valence electrons. The first-order valence-electron chi connectivity index (χ1n) is 10.3. The molecule has 0 N–H and O–H groups in total. The fraction of sp³-hybridized carbons (Fsp3) is 0.318. The highest BCUT2D eigenvalue weighted by atomic mass is 35.5. The van der Waals surface area contributed by atoms with Crippen LogP contribution < -0.4 is 9.64 Å². The summed E-state index contributed by atoms with van der Waals surface area (Å²) < 4.78 is 71.8. The molecule has 0 saturated carbocycles. The van der Waals surface area contributed by atoms with Crippen LogP contribution in [0.1, 0.15) is 16.8 Å². The lowest BCUT2D eigenvalue weighted by atomic mass is 10.1. The first kappa shape index (κ1) is 24.8. The topological polar surface area (TPSA) is 62.7 Å². The van der Waals surface area contributed by atoms with Gasteiger partial charge in [0.05, 0.1) is 23.4 Å². The van der Waals surface area contributed by atoms with Crippen LogP contribution >= 0.6 is 22.9 Å². The number of rotatable bonds is 6. The predicted octanol–water partition coefficient (Wildman–Crippen LogP) is 4.93. The molecule has 0 radical (unpaired) electrons. The van der Waals surface area contributed by atoms with Crippen LogP contribution in [0.3, 0.4) is 0 Å². The summed E-state index contributed by atoms with van der Waals surface area (Å²) in [6.45, 7) is 0.932. The number of methoxy groups -OCH3 is 1. The van der Waals surface area contributed by atoms with Gasteiger partial charge in [0.25, 0.3) is 0 Å². The third-order valence-electron chi connectivity index (χ3n) is 5.49. The number of halogens is 4. The summed E-state index contributed by atoms with van der Waals surface area (Å²) in [5.74, 6) is 0.782. The number of hydrogen-bond acceptors (Lipinski definition) is 6. The van der Waals surface area contributed by atoms with Gasteiger partial charge in [0, 0.05) is 43.5 Å². The van der Waals surface area contributed by atoms with Crippen molar-refractivity contribution in [2.24, 2.45) is 0 Å². The molecule has 0 aliphatic carbocycles. The van der Waals surface area contributed by atoms with E-state index in [-0.39, 0.29) is 18.1 Å². The molecular weight excluding hydrogens is 511 g/mol. The van der Waals surface area contributed by atoms with Crippen molar-refractivity contribution in [2.45, 2.75) is 17.5 Å². The summed E-state index contributed by atoms with van der Waals surface area (Å²) in [6.07, 6.45) is -4.07. The Kier molecular flexibility index (Phi) is 7.09. The van der Waals surface area contributed by atoms with Gasteiger partial charge in [-0.05, 0) is 24.3 Å². The summed E-state index contributed by atoms with van der Waals surface area (Å²) in [5.41, 5.74) is 0.825. The van der Waals surface area contributed by atoms with E-state index >= 15 is 0 Å². The number of para-hydroxylation sites is 1. The zero-order chi connectivity index (χ0) is 24.5. The number of aromatic nitrogens is 1. The second-order valence-electron chi connectivity index (χ2n) is 7.64. The van der Waals surface area contributed by atoms with E-state index in [1.54, 1.807) is 7.11 Å². The molecule has 1 aliphatic heterocycles. The normalized spacial score (nSPS) is 15.5. The molecule has 1 saturated heterocycles. The Morgan fingerprint density at radius 2 is 1.82 bits per heavy atom. The van der Waals surface area contributed by atoms with E-state index in [0.717, 1.165) is 38.6 Å². The highest BCUT2D eigenvalue weighted by Crippen LogP contribution is 2.35. The van der Waals surface area contributed by atoms with Gasteiger partial charge in [-0.3, -0.25) is 0 Å². The average Bonchev–Trinajstić information content (AvgIpc) is 3.27. The van der Waals surface area contributed by atoms with Crippen LogP contribution in [0, 0.1) is 0 Å². The summed E-state index contributed by atoms with van der Waals surface area (Å²) in [6, 6.07) is 10.0. The van der Waals surface area contributed by atoms with E-state index < -0.39 is 26.7 Å². The number of nitrogens with zero attached hydrogens (tertiary/aromatic N) is 3. The molecule has 3 aromatic rings. The third kappa shape index (κ3) is 5.17. The average molecular weight is 532 g/mol. The van der Waals surface area contributed by atoms with Crippen molar-refractivity contribution in [3.8, 4) is 5.75 Å². The number of hydrogen-bond donors (Lipinski definition) is 0. The Balaban J connectivity index is 1.45. The predicted molar refractivity (Wildman–Crippen MR) is 125 cm³/mol. The number of alkyl halides is 3. The smallest absolute Gasteiger partial charge is 0.416 e. The first-order chi connectivity index (χ1) is 16.1. The van der Waals surface area contributed by atoms with Gasteiger partial charge in [-0.2, -0.15) is 17.5 Å². The largest absolute Gasteiger partial charge is 0.496 e. The van der Waals surface area contributed by atoms with E-state index in [4.69, 9.17) is 16.3 Å². The second-order valence-corrected chi connectivity index (χ2v) is 10.8. The molecule has 0 atom stereocenters. The van der Waals surface area contributed by atoms with Crippen molar-refractivity contribution in [1.29, 1.82) is 0 Å². The zero-order valence-corrected chi connectivity index (χ0v) is 20.4. The Morgan fingerprint density at radius 1 is 1.12 bits per heavy atom. The Morgan fingerprint density at radius 3 is 2.50 bits per heavy atom. The molecular formula is C22H21ClF3N3O3S2. The highest BCUT2D eigenvalue weighted by Gasteiger charge is 2.35. The monoisotopic (exact) mass is 531 g/mol. The molecule has 1 aromatic heterocycles. The van der Waals surface area contributed by atoms with Crippen LogP contribution in [0.5, 0.6) is 5.75 Å². The minimum absolute atomic E-state index is 0.107. The van der Waals surface area contributed by atoms with Crippen molar-refractivity contribution in [3.05, 3.63) is 69.7 Å². The second kappa shape index (κ2) is 9.73. The molecule has 6 nitrogen and oxygen atoms in total. The van der Waals surface area contributed by atoms with Crippen LogP contribution in [-0.4, -0.2) is 51.0 Å². The minimum atomic E-state index is -4.67. The number of thiazole rings is 1. The maximum atomic E-state index is 13.1. The standard InChI is InChI=1S/C22H21ClF3N3O3S2/c1-32-19-5-3-2-4-15(19)12-17-14-33-21(27-17)28-8-10-29(11-9-28)34(30,31)20-13-16(22(24,25)26)6-7-18(20)23/h2-7,13-14H,8-12H2,1H3. The SMILES string of the molecule is COc1ccccc1Cc1csc(N2CCN(S(=O)(=O)c3cc(C(F)(F)F)ccc3Cl)CC2)n1. The number of sulfonamides is 1. The molecule has 0 bridgehead atoms. The lowest BCUT2D eigenvalue weighted by molar-refractivity contribution is -0.137. The number of piperazine rings is 1. The molecule has 12 heteroatoms. The Hall–Kier alpha value is -2.34. The van der Waals surface area contributed by atoms with Gasteiger partial charge < -0.3 is 9.64 Å². The fourth-order valence-corrected chi connectivity index (χ4v) is 6.50. The van der Waals surface area contributed by atoms with E-state index in [2.05, 4.69) is 4.98 Å². The van der Waals surface area contributed by atoms with Gasteiger partial charge in [0.1, 0.15) is 10.6 Å². The van der Waals surface area contributed by atoms with Crippen molar-refractivity contribution in [1.82, 2.24) is 9.29 Å². The lowest BCUT2D eigenvalue weighted by Gasteiger charge is -2.34. The van der Waals surface area contributed by atoms with Gasteiger partial charge in [-0.1, -0.05) is 29.8 Å². The maximum Gasteiger partial charge on any atom is 0.416 e. The molecule has 0 spiro atoms. The Bertz CT molecular complexity index is 1270. The number of ether oxygens (including phenoxy) is 1. The van der Waals surface area contributed by atoms with Crippen molar-refractivity contribution >= 4 is 38.1 Å². The van der Waals surface area contributed by atoms with Gasteiger partial charge in [-0.25, -0.2) is 13.4 Å². The highest BCUT2D eigenvalue weighted by molar-refractivity contribution is 7.89. The molecule has 4 rings (SSSR count). The van der Waals surface area contributed by atoms with E-state index in [1.165, 1.54) is 11.3 Å². The van der Waals surface area contributed by atoms with Gasteiger partial charge in [0.2, 0.25) is 10.0 Å². The van der Waals surface area contributed by atoms with E-state index in [9.17, 15) is 21.6 Å². The Labute approximate surface area is 204 Å². The van der Waals surface area contributed by atoms with Crippen molar-refractivity contribution < 1.29 is 26.3 Å². The van der Waals surface area contributed by atoms with E-state index in [1.807, 2.05) is 34.5 Å². The lowest BCUT2D eigenvalue weighted by Crippen LogP contribution is -2.48. The molecule has 1 fully saturated rings.